The fourth-order valence-corrected chi connectivity index (χ4v) is 1.65. The number of carbonyl (C=O) groups excluding carboxylic acids is 1. The number of pyridine rings is 1. The lowest BCUT2D eigenvalue weighted by Gasteiger charge is -2.17. The predicted octanol–water partition coefficient (Wildman–Crippen LogP) is 1.99. The van der Waals surface area contributed by atoms with Gasteiger partial charge < -0.3 is 10.0 Å². The Bertz CT molecular complexity index is 541. The highest BCUT2D eigenvalue weighted by Crippen LogP contribution is 2.18. The van der Waals surface area contributed by atoms with Crippen LogP contribution < -0.4 is 4.90 Å². The van der Waals surface area contributed by atoms with Crippen LogP contribution >= 0.6 is 0 Å². The van der Waals surface area contributed by atoms with E-state index >= 15 is 0 Å². The van der Waals surface area contributed by atoms with Crippen LogP contribution in [0, 0.1) is 0 Å². The molecular weight excluding hydrogens is 228 g/mol. The smallest absolute Gasteiger partial charge is 0.231 e. The van der Waals surface area contributed by atoms with E-state index in [0.717, 1.165) is 5.69 Å². The Hall–Kier alpha value is -2.36. The number of anilines is 1. The van der Waals surface area contributed by atoms with Gasteiger partial charge in [0.05, 0.1) is 6.42 Å². The summed E-state index contributed by atoms with van der Waals surface area (Å²) in [5.74, 6) is 0.0664. The van der Waals surface area contributed by atoms with Gasteiger partial charge in [-0.15, -0.1) is 0 Å². The van der Waals surface area contributed by atoms with E-state index in [-0.39, 0.29) is 18.1 Å². The summed E-state index contributed by atoms with van der Waals surface area (Å²) >= 11 is 0. The quantitative estimate of drug-likeness (QED) is 0.895. The zero-order chi connectivity index (χ0) is 13.0. The summed E-state index contributed by atoms with van der Waals surface area (Å²) in [5, 5.41) is 9.63. The van der Waals surface area contributed by atoms with E-state index in [1.165, 1.54) is 0 Å². The lowest BCUT2D eigenvalue weighted by molar-refractivity contribution is -0.117. The van der Waals surface area contributed by atoms with Crippen molar-refractivity contribution in [1.29, 1.82) is 0 Å². The maximum Gasteiger partial charge on any atom is 0.231 e. The van der Waals surface area contributed by atoms with Gasteiger partial charge in [-0.1, -0.05) is 18.2 Å². The van der Waals surface area contributed by atoms with E-state index < -0.39 is 0 Å². The predicted molar refractivity (Wildman–Crippen MR) is 69.5 cm³/mol. The molecule has 1 aromatic carbocycles. The number of amides is 1. The van der Waals surface area contributed by atoms with E-state index in [1.54, 1.807) is 60.7 Å². The van der Waals surface area contributed by atoms with Crippen molar-refractivity contribution < 1.29 is 9.90 Å². The van der Waals surface area contributed by atoms with Crippen LogP contribution in [0.1, 0.15) is 5.56 Å². The summed E-state index contributed by atoms with van der Waals surface area (Å²) < 4.78 is 0. The fraction of sp³-hybridized carbons (Fsp3) is 0.143. The second kappa shape index (κ2) is 5.31. The third-order valence-electron chi connectivity index (χ3n) is 2.76. The second-order valence-electron chi connectivity index (χ2n) is 3.96. The van der Waals surface area contributed by atoms with Crippen LogP contribution in [0.4, 0.5) is 5.69 Å². The Morgan fingerprint density at radius 3 is 2.56 bits per heavy atom. The second-order valence-corrected chi connectivity index (χ2v) is 3.96. The fourth-order valence-electron chi connectivity index (χ4n) is 1.65. The molecule has 18 heavy (non-hydrogen) atoms. The normalized spacial score (nSPS) is 10.1. The Morgan fingerprint density at radius 1 is 1.22 bits per heavy atom. The van der Waals surface area contributed by atoms with Gasteiger partial charge in [-0.05, 0) is 18.2 Å². The first-order valence-electron chi connectivity index (χ1n) is 5.62. The molecule has 4 nitrogen and oxygen atoms in total. The molecule has 1 heterocycles. The monoisotopic (exact) mass is 242 g/mol. The number of likely N-dealkylation sites (N-methyl/N-ethyl adjacent to an activating group) is 1. The number of carbonyl (C=O) groups is 1. The number of aromatic hydroxyl groups is 1. The largest absolute Gasteiger partial charge is 0.508 e. The number of aromatic nitrogens is 1. The zero-order valence-electron chi connectivity index (χ0n) is 10.1. The molecule has 2 aromatic rings. The van der Waals surface area contributed by atoms with Gasteiger partial charge in [0.2, 0.25) is 5.91 Å². The molecule has 0 atom stereocenters. The minimum Gasteiger partial charge on any atom is -0.508 e. The lowest BCUT2D eigenvalue weighted by Crippen LogP contribution is -2.27. The highest BCUT2D eigenvalue weighted by molar-refractivity contribution is 5.94. The average Bonchev–Trinajstić information content (AvgIpc) is 2.41. The van der Waals surface area contributed by atoms with Crippen LogP contribution in [0.3, 0.4) is 0 Å². The van der Waals surface area contributed by atoms with Gasteiger partial charge in [0.25, 0.3) is 0 Å². The van der Waals surface area contributed by atoms with E-state index in [9.17, 15) is 9.90 Å². The topological polar surface area (TPSA) is 53.4 Å². The molecule has 0 saturated heterocycles. The van der Waals surface area contributed by atoms with Crippen molar-refractivity contribution in [2.75, 3.05) is 11.9 Å². The zero-order valence-corrected chi connectivity index (χ0v) is 10.1. The first kappa shape index (κ1) is 12.1. The van der Waals surface area contributed by atoms with Crippen molar-refractivity contribution in [1.82, 2.24) is 4.98 Å². The molecule has 1 amide bonds. The van der Waals surface area contributed by atoms with Crippen LogP contribution in [0.15, 0.2) is 48.8 Å². The third kappa shape index (κ3) is 2.66. The Balaban J connectivity index is 2.12. The third-order valence-corrected chi connectivity index (χ3v) is 2.76. The van der Waals surface area contributed by atoms with Gasteiger partial charge in [0.1, 0.15) is 5.75 Å². The number of hydrogen-bond acceptors (Lipinski definition) is 3. The Morgan fingerprint density at radius 2 is 1.89 bits per heavy atom. The van der Waals surface area contributed by atoms with Crippen molar-refractivity contribution >= 4 is 11.6 Å². The summed E-state index contributed by atoms with van der Waals surface area (Å²) in [6, 6.07) is 10.4. The van der Waals surface area contributed by atoms with Gasteiger partial charge in [0, 0.05) is 30.7 Å². The molecule has 0 bridgehead atoms. The Labute approximate surface area is 106 Å². The maximum absolute atomic E-state index is 12.1. The standard InChI is InChI=1S/C14H14N2O2/c1-16(12-6-8-15-9-7-12)14(18)10-11-4-2-3-5-13(11)17/h2-9,17H,10H2,1H3. The summed E-state index contributed by atoms with van der Waals surface area (Å²) in [6.07, 6.45) is 3.45. The van der Waals surface area contributed by atoms with Crippen LogP contribution in [-0.4, -0.2) is 23.0 Å². The van der Waals surface area contributed by atoms with Crippen molar-refractivity contribution in [3.05, 3.63) is 54.4 Å². The number of para-hydroxylation sites is 1. The molecule has 0 fully saturated rings. The van der Waals surface area contributed by atoms with Gasteiger partial charge in [-0.25, -0.2) is 0 Å². The van der Waals surface area contributed by atoms with Crippen molar-refractivity contribution in [2.45, 2.75) is 6.42 Å². The molecule has 4 heteroatoms. The minimum atomic E-state index is -0.0808. The first-order valence-corrected chi connectivity index (χ1v) is 5.62. The molecule has 0 radical (unpaired) electrons. The molecule has 0 unspecified atom stereocenters. The van der Waals surface area contributed by atoms with Gasteiger partial charge >= 0.3 is 0 Å². The van der Waals surface area contributed by atoms with Crippen LogP contribution in [-0.2, 0) is 11.2 Å². The molecule has 0 aliphatic carbocycles. The van der Waals surface area contributed by atoms with E-state index in [4.69, 9.17) is 0 Å². The van der Waals surface area contributed by atoms with Gasteiger partial charge in [-0.3, -0.25) is 9.78 Å². The number of nitrogens with zero attached hydrogens (tertiary/aromatic N) is 2. The number of phenolic OH excluding ortho intramolecular Hbond substituents is 1. The number of phenols is 1. The molecule has 92 valence electrons. The van der Waals surface area contributed by atoms with Gasteiger partial charge in [-0.2, -0.15) is 0 Å². The number of rotatable bonds is 3. The molecule has 2 rings (SSSR count). The van der Waals surface area contributed by atoms with Crippen LogP contribution in [0.5, 0.6) is 5.75 Å². The Kier molecular flexibility index (Phi) is 3.57. The molecular formula is C14H14N2O2. The molecule has 1 aromatic heterocycles. The summed E-state index contributed by atoms with van der Waals surface area (Å²) in [6.45, 7) is 0. The van der Waals surface area contributed by atoms with Crippen LogP contribution in [0.25, 0.3) is 0 Å². The van der Waals surface area contributed by atoms with E-state index in [0.29, 0.717) is 5.56 Å². The highest BCUT2D eigenvalue weighted by atomic mass is 16.3. The number of benzene rings is 1. The average molecular weight is 242 g/mol. The van der Waals surface area contributed by atoms with E-state index in [1.807, 2.05) is 0 Å². The van der Waals surface area contributed by atoms with Crippen LogP contribution in [0.2, 0.25) is 0 Å². The van der Waals surface area contributed by atoms with Crippen molar-refractivity contribution in [3.8, 4) is 5.75 Å². The van der Waals surface area contributed by atoms with Gasteiger partial charge in [0.15, 0.2) is 0 Å². The summed E-state index contributed by atoms with van der Waals surface area (Å²) in [7, 11) is 1.71. The SMILES string of the molecule is CN(C(=O)Cc1ccccc1O)c1ccncc1. The van der Waals surface area contributed by atoms with Crippen molar-refractivity contribution in [2.24, 2.45) is 0 Å². The first-order chi connectivity index (χ1) is 8.68. The maximum atomic E-state index is 12.1. The lowest BCUT2D eigenvalue weighted by atomic mass is 10.1. The molecule has 0 aliphatic rings. The summed E-state index contributed by atoms with van der Waals surface area (Å²) in [5.41, 5.74) is 1.41. The van der Waals surface area contributed by atoms with E-state index in [2.05, 4.69) is 4.98 Å². The van der Waals surface area contributed by atoms with Crippen molar-refractivity contribution in [3.63, 3.8) is 0 Å². The molecule has 0 saturated carbocycles. The molecule has 0 spiro atoms. The molecule has 0 aliphatic heterocycles. The highest BCUT2D eigenvalue weighted by Gasteiger charge is 2.13. The number of hydrogen-bond donors (Lipinski definition) is 1. The summed E-state index contributed by atoms with van der Waals surface area (Å²) in [4.78, 5) is 17.5. The molecule has 1 N–H and O–H groups in total. The minimum absolute atomic E-state index is 0.0808.